The predicted molar refractivity (Wildman–Crippen MR) is 101 cm³/mol. The zero-order valence-electron chi connectivity index (χ0n) is 13.5. The standard InChI is InChI=1S/C18H18Cl2FN3O/c19-12-3-6-17(24-7-1-2-8-24)16(9-12)22-11-18(25)23-15-5-4-13(21)10-14(15)20/h3-6,9-10,22H,1-2,7-8,11H2,(H,23,25). The largest absolute Gasteiger partial charge is 0.374 e. The predicted octanol–water partition coefficient (Wildman–Crippen LogP) is 4.78. The van der Waals surface area contributed by atoms with Crippen molar-refractivity contribution in [1.82, 2.24) is 0 Å². The molecule has 0 saturated carbocycles. The van der Waals surface area contributed by atoms with Gasteiger partial charge >= 0.3 is 0 Å². The van der Waals surface area contributed by atoms with Crippen LogP contribution in [0, 0.1) is 5.82 Å². The Bertz CT molecular complexity index is 779. The molecule has 1 heterocycles. The van der Waals surface area contributed by atoms with E-state index in [0.717, 1.165) is 43.4 Å². The fraction of sp³-hybridized carbons (Fsp3) is 0.278. The second-order valence-corrected chi connectivity index (χ2v) is 6.73. The van der Waals surface area contributed by atoms with Crippen molar-refractivity contribution in [1.29, 1.82) is 0 Å². The molecule has 1 aliphatic rings. The average Bonchev–Trinajstić information content (AvgIpc) is 3.10. The molecule has 0 atom stereocenters. The molecule has 0 aromatic heterocycles. The van der Waals surface area contributed by atoms with Gasteiger partial charge in [-0.15, -0.1) is 0 Å². The molecule has 2 aromatic rings. The van der Waals surface area contributed by atoms with Crippen LogP contribution in [-0.2, 0) is 4.79 Å². The first kappa shape index (κ1) is 17.8. The minimum absolute atomic E-state index is 0.0505. The van der Waals surface area contributed by atoms with Crippen LogP contribution in [0.3, 0.4) is 0 Å². The van der Waals surface area contributed by atoms with E-state index in [2.05, 4.69) is 15.5 Å². The maximum absolute atomic E-state index is 13.1. The zero-order chi connectivity index (χ0) is 17.8. The Morgan fingerprint density at radius 1 is 1.08 bits per heavy atom. The van der Waals surface area contributed by atoms with Crippen LogP contribution < -0.4 is 15.5 Å². The van der Waals surface area contributed by atoms with Crippen LogP contribution in [0.15, 0.2) is 36.4 Å². The number of amides is 1. The van der Waals surface area contributed by atoms with Crippen LogP contribution in [-0.4, -0.2) is 25.5 Å². The number of carbonyl (C=O) groups excluding carboxylic acids is 1. The van der Waals surface area contributed by atoms with Crippen LogP contribution >= 0.6 is 23.2 Å². The van der Waals surface area contributed by atoms with Crippen LogP contribution in [0.2, 0.25) is 10.0 Å². The fourth-order valence-corrected chi connectivity index (χ4v) is 3.23. The number of nitrogens with zero attached hydrogens (tertiary/aromatic N) is 1. The molecule has 0 aliphatic carbocycles. The van der Waals surface area contributed by atoms with Crippen molar-refractivity contribution in [3.8, 4) is 0 Å². The molecular formula is C18H18Cl2FN3O. The molecule has 1 aliphatic heterocycles. The quantitative estimate of drug-likeness (QED) is 0.782. The van der Waals surface area contributed by atoms with Gasteiger partial charge < -0.3 is 15.5 Å². The highest BCUT2D eigenvalue weighted by Crippen LogP contribution is 2.31. The SMILES string of the molecule is O=C(CNc1cc(Cl)ccc1N1CCCC1)Nc1ccc(F)cc1Cl. The minimum atomic E-state index is -0.449. The summed E-state index contributed by atoms with van der Waals surface area (Å²) in [4.78, 5) is 14.4. The summed E-state index contributed by atoms with van der Waals surface area (Å²) in [7, 11) is 0. The Hall–Kier alpha value is -1.98. The third kappa shape index (κ3) is 4.55. The Morgan fingerprint density at radius 2 is 1.84 bits per heavy atom. The molecule has 1 saturated heterocycles. The Kier molecular flexibility index (Phi) is 5.66. The second kappa shape index (κ2) is 7.93. The summed E-state index contributed by atoms with van der Waals surface area (Å²) in [6.45, 7) is 2.04. The number of benzene rings is 2. The lowest BCUT2D eigenvalue weighted by Crippen LogP contribution is -2.24. The van der Waals surface area contributed by atoms with Crippen molar-refractivity contribution in [2.24, 2.45) is 0 Å². The molecule has 4 nitrogen and oxygen atoms in total. The highest BCUT2D eigenvalue weighted by Gasteiger charge is 2.16. The van der Waals surface area contributed by atoms with E-state index in [0.29, 0.717) is 10.7 Å². The summed E-state index contributed by atoms with van der Waals surface area (Å²) in [6, 6.07) is 9.46. The average molecular weight is 382 g/mol. The van der Waals surface area contributed by atoms with Gasteiger partial charge in [0.2, 0.25) is 5.91 Å². The minimum Gasteiger partial charge on any atom is -0.374 e. The van der Waals surface area contributed by atoms with Gasteiger partial charge in [0.05, 0.1) is 28.6 Å². The molecule has 132 valence electrons. The van der Waals surface area contributed by atoms with Gasteiger partial charge in [-0.1, -0.05) is 23.2 Å². The lowest BCUT2D eigenvalue weighted by molar-refractivity contribution is -0.114. The molecule has 25 heavy (non-hydrogen) atoms. The van der Waals surface area contributed by atoms with Crippen molar-refractivity contribution in [3.05, 3.63) is 52.3 Å². The van der Waals surface area contributed by atoms with E-state index in [4.69, 9.17) is 23.2 Å². The van der Waals surface area contributed by atoms with E-state index < -0.39 is 5.82 Å². The van der Waals surface area contributed by atoms with E-state index in [-0.39, 0.29) is 17.5 Å². The Balaban J connectivity index is 1.66. The molecule has 0 bridgehead atoms. The normalized spacial score (nSPS) is 13.8. The zero-order valence-corrected chi connectivity index (χ0v) is 15.0. The number of halogens is 3. The van der Waals surface area contributed by atoms with Crippen LogP contribution in [0.1, 0.15) is 12.8 Å². The molecule has 2 N–H and O–H groups in total. The smallest absolute Gasteiger partial charge is 0.243 e. The van der Waals surface area contributed by atoms with Crippen molar-refractivity contribution < 1.29 is 9.18 Å². The third-order valence-electron chi connectivity index (χ3n) is 4.05. The first-order chi connectivity index (χ1) is 12.0. The van der Waals surface area contributed by atoms with Crippen LogP contribution in [0.25, 0.3) is 0 Å². The van der Waals surface area contributed by atoms with Gasteiger partial charge in [-0.3, -0.25) is 4.79 Å². The first-order valence-corrected chi connectivity index (χ1v) is 8.82. The number of rotatable bonds is 5. The highest BCUT2D eigenvalue weighted by molar-refractivity contribution is 6.33. The number of hydrogen-bond acceptors (Lipinski definition) is 3. The summed E-state index contributed by atoms with van der Waals surface area (Å²) in [5, 5.41) is 6.56. The Morgan fingerprint density at radius 3 is 2.56 bits per heavy atom. The number of hydrogen-bond donors (Lipinski definition) is 2. The lowest BCUT2D eigenvalue weighted by Gasteiger charge is -2.22. The van der Waals surface area contributed by atoms with Gasteiger partial charge in [-0.25, -0.2) is 4.39 Å². The first-order valence-electron chi connectivity index (χ1n) is 8.06. The highest BCUT2D eigenvalue weighted by atomic mass is 35.5. The molecule has 2 aromatic carbocycles. The molecule has 0 unspecified atom stereocenters. The fourth-order valence-electron chi connectivity index (χ4n) is 2.84. The lowest BCUT2D eigenvalue weighted by atomic mass is 10.2. The van der Waals surface area contributed by atoms with Crippen LogP contribution in [0.5, 0.6) is 0 Å². The molecule has 0 spiro atoms. The van der Waals surface area contributed by atoms with Gasteiger partial charge in [0.15, 0.2) is 0 Å². The Labute approximate surface area is 155 Å². The van der Waals surface area contributed by atoms with Crippen molar-refractivity contribution in [3.63, 3.8) is 0 Å². The van der Waals surface area contributed by atoms with Crippen molar-refractivity contribution in [2.45, 2.75) is 12.8 Å². The monoisotopic (exact) mass is 381 g/mol. The van der Waals surface area contributed by atoms with Crippen molar-refractivity contribution >= 4 is 46.2 Å². The summed E-state index contributed by atoms with van der Waals surface area (Å²) >= 11 is 12.0. The molecular weight excluding hydrogens is 364 g/mol. The molecule has 0 radical (unpaired) electrons. The second-order valence-electron chi connectivity index (χ2n) is 5.88. The van der Waals surface area contributed by atoms with Gasteiger partial charge in [0.1, 0.15) is 5.82 Å². The molecule has 3 rings (SSSR count). The summed E-state index contributed by atoms with van der Waals surface area (Å²) in [5.74, 6) is -0.726. The van der Waals surface area contributed by atoms with Gasteiger partial charge in [-0.05, 0) is 49.2 Å². The van der Waals surface area contributed by atoms with Crippen molar-refractivity contribution in [2.75, 3.05) is 35.2 Å². The van der Waals surface area contributed by atoms with E-state index in [9.17, 15) is 9.18 Å². The summed E-state index contributed by atoms with van der Waals surface area (Å²) < 4.78 is 13.1. The van der Waals surface area contributed by atoms with E-state index in [1.165, 1.54) is 12.1 Å². The van der Waals surface area contributed by atoms with E-state index in [1.54, 1.807) is 0 Å². The summed E-state index contributed by atoms with van der Waals surface area (Å²) in [6.07, 6.45) is 2.32. The maximum atomic E-state index is 13.1. The third-order valence-corrected chi connectivity index (χ3v) is 4.60. The van der Waals surface area contributed by atoms with Gasteiger partial charge in [0, 0.05) is 18.1 Å². The molecule has 1 fully saturated rings. The van der Waals surface area contributed by atoms with Gasteiger partial charge in [0.25, 0.3) is 0 Å². The number of nitrogens with one attached hydrogen (secondary N) is 2. The van der Waals surface area contributed by atoms with E-state index >= 15 is 0 Å². The van der Waals surface area contributed by atoms with Crippen LogP contribution in [0.4, 0.5) is 21.5 Å². The topological polar surface area (TPSA) is 44.4 Å². The summed E-state index contributed by atoms with van der Waals surface area (Å²) in [5.41, 5.74) is 2.23. The molecule has 7 heteroatoms. The number of anilines is 3. The van der Waals surface area contributed by atoms with Gasteiger partial charge in [-0.2, -0.15) is 0 Å². The number of carbonyl (C=O) groups is 1. The maximum Gasteiger partial charge on any atom is 0.243 e. The van der Waals surface area contributed by atoms with E-state index in [1.807, 2.05) is 18.2 Å². The molecule has 1 amide bonds.